The minimum absolute atomic E-state index is 0.173. The van der Waals surface area contributed by atoms with E-state index in [0.717, 1.165) is 46.9 Å². The number of hydrogen-bond acceptors (Lipinski definition) is 3. The van der Waals surface area contributed by atoms with E-state index in [0.29, 0.717) is 16.9 Å². The highest BCUT2D eigenvalue weighted by atomic mass is 32.1. The van der Waals surface area contributed by atoms with E-state index in [2.05, 4.69) is 33.4 Å². The molecule has 2 atom stereocenters. The standard InChI is InChI=1S/C31H31FN4OS/c1-20-19-25(21(2)35(20)28-13-6-5-11-26(28)32)30-29(27-12-7-8-18-33-27)34-31(38)36(30)22-14-16-24(17-15-22)37-23-9-3-4-10-23/h5-8,11-19,23,29-30H,3-4,9-10H2,1-2H3,(H,34,38)/t29-,30+/m0/s1. The molecule has 1 aliphatic heterocycles. The van der Waals surface area contributed by atoms with Crippen molar-refractivity contribution in [3.8, 4) is 11.4 Å². The zero-order valence-electron chi connectivity index (χ0n) is 21.6. The normalized spacial score (nSPS) is 19.7. The fourth-order valence-corrected chi connectivity index (χ4v) is 6.27. The van der Waals surface area contributed by atoms with Crippen LogP contribution < -0.4 is 15.0 Å². The Bertz CT molecular complexity index is 1450. The van der Waals surface area contributed by atoms with Crippen molar-refractivity contribution in [2.45, 2.75) is 57.7 Å². The smallest absolute Gasteiger partial charge is 0.174 e. The quantitative estimate of drug-likeness (QED) is 0.271. The minimum Gasteiger partial charge on any atom is -0.490 e. The average molecular weight is 527 g/mol. The Morgan fingerprint density at radius 2 is 1.71 bits per heavy atom. The first kappa shape index (κ1) is 24.6. The van der Waals surface area contributed by atoms with Gasteiger partial charge in [-0.15, -0.1) is 0 Å². The lowest BCUT2D eigenvalue weighted by Crippen LogP contribution is -2.29. The average Bonchev–Trinajstić information content (AvgIpc) is 3.63. The van der Waals surface area contributed by atoms with Gasteiger partial charge in [0.05, 0.1) is 29.6 Å². The first-order chi connectivity index (χ1) is 18.5. The third-order valence-electron chi connectivity index (χ3n) is 7.70. The maximum Gasteiger partial charge on any atom is 0.174 e. The van der Waals surface area contributed by atoms with Crippen molar-refractivity contribution < 1.29 is 9.13 Å². The summed E-state index contributed by atoms with van der Waals surface area (Å²) in [6.45, 7) is 4.06. The first-order valence-corrected chi connectivity index (χ1v) is 13.6. The highest BCUT2D eigenvalue weighted by Gasteiger charge is 2.42. The number of benzene rings is 2. The number of halogens is 1. The van der Waals surface area contributed by atoms with Crippen LogP contribution in [0, 0.1) is 19.7 Å². The van der Waals surface area contributed by atoms with Crippen LogP contribution in [0.3, 0.4) is 0 Å². The number of aromatic nitrogens is 2. The molecule has 6 rings (SSSR count). The highest BCUT2D eigenvalue weighted by molar-refractivity contribution is 7.80. The van der Waals surface area contributed by atoms with Gasteiger partial charge in [0.25, 0.3) is 0 Å². The lowest BCUT2D eigenvalue weighted by Gasteiger charge is -2.28. The summed E-state index contributed by atoms with van der Waals surface area (Å²) >= 11 is 5.91. The number of para-hydroxylation sites is 1. The third-order valence-corrected chi connectivity index (χ3v) is 8.01. The molecule has 4 aromatic rings. The third kappa shape index (κ3) is 4.45. The Balaban J connectivity index is 1.42. The number of anilines is 1. The molecule has 5 nitrogen and oxygen atoms in total. The molecular formula is C31H31FN4OS. The van der Waals surface area contributed by atoms with E-state index >= 15 is 0 Å². The van der Waals surface area contributed by atoms with Crippen LogP contribution >= 0.6 is 12.2 Å². The zero-order chi connectivity index (χ0) is 26.2. The van der Waals surface area contributed by atoms with E-state index in [9.17, 15) is 4.39 Å². The van der Waals surface area contributed by atoms with Crippen LogP contribution in [0.2, 0.25) is 0 Å². The van der Waals surface area contributed by atoms with E-state index < -0.39 is 0 Å². The molecule has 0 amide bonds. The summed E-state index contributed by atoms with van der Waals surface area (Å²) in [6, 6.07) is 22.8. The van der Waals surface area contributed by atoms with Gasteiger partial charge in [0.15, 0.2) is 5.11 Å². The first-order valence-electron chi connectivity index (χ1n) is 13.2. The van der Waals surface area contributed by atoms with Gasteiger partial charge in [-0.05, 0) is 112 Å². The SMILES string of the molecule is Cc1cc([C@@H]2[C@H](c3ccccn3)NC(=S)N2c2ccc(OC3CCCC3)cc2)c(C)n1-c1ccccc1F. The molecule has 2 fully saturated rings. The Labute approximate surface area is 228 Å². The lowest BCUT2D eigenvalue weighted by molar-refractivity contribution is 0.210. The number of nitrogens with zero attached hydrogens (tertiary/aromatic N) is 3. The van der Waals surface area contributed by atoms with Gasteiger partial charge in [-0.3, -0.25) is 4.98 Å². The summed E-state index contributed by atoms with van der Waals surface area (Å²) in [4.78, 5) is 6.82. The van der Waals surface area contributed by atoms with Crippen molar-refractivity contribution in [2.24, 2.45) is 0 Å². The Morgan fingerprint density at radius 3 is 2.42 bits per heavy atom. The van der Waals surface area contributed by atoms with Crippen molar-refractivity contribution in [3.63, 3.8) is 0 Å². The second kappa shape index (κ2) is 10.2. The summed E-state index contributed by atoms with van der Waals surface area (Å²) in [6.07, 6.45) is 6.81. The number of hydrogen-bond donors (Lipinski definition) is 1. The number of aryl methyl sites for hydroxylation is 1. The molecule has 0 bridgehead atoms. The van der Waals surface area contributed by atoms with Gasteiger partial charge in [0, 0.05) is 23.3 Å². The topological polar surface area (TPSA) is 42.3 Å². The van der Waals surface area contributed by atoms with E-state index in [-0.39, 0.29) is 17.9 Å². The molecule has 38 heavy (non-hydrogen) atoms. The summed E-state index contributed by atoms with van der Waals surface area (Å²) in [5, 5.41) is 4.16. The van der Waals surface area contributed by atoms with Gasteiger partial charge in [0.2, 0.25) is 0 Å². The van der Waals surface area contributed by atoms with Crippen LogP contribution in [0.5, 0.6) is 5.75 Å². The Kier molecular flexibility index (Phi) is 6.62. The fourth-order valence-electron chi connectivity index (χ4n) is 5.92. The lowest BCUT2D eigenvalue weighted by atomic mass is 9.96. The highest BCUT2D eigenvalue weighted by Crippen LogP contribution is 2.44. The van der Waals surface area contributed by atoms with Gasteiger partial charge in [-0.1, -0.05) is 18.2 Å². The molecule has 0 spiro atoms. The largest absolute Gasteiger partial charge is 0.490 e. The molecule has 1 saturated carbocycles. The van der Waals surface area contributed by atoms with Gasteiger partial charge in [-0.25, -0.2) is 4.39 Å². The molecule has 3 heterocycles. The Hall–Kier alpha value is -3.71. The molecule has 0 unspecified atom stereocenters. The fraction of sp³-hybridized carbons (Fsp3) is 0.290. The van der Waals surface area contributed by atoms with Crippen molar-refractivity contribution >= 4 is 23.0 Å². The summed E-state index contributed by atoms with van der Waals surface area (Å²) in [7, 11) is 0. The number of pyridine rings is 1. The summed E-state index contributed by atoms with van der Waals surface area (Å²) < 4.78 is 23.1. The zero-order valence-corrected chi connectivity index (χ0v) is 22.4. The summed E-state index contributed by atoms with van der Waals surface area (Å²) in [5.41, 5.74) is 5.41. The summed E-state index contributed by atoms with van der Waals surface area (Å²) in [5.74, 6) is 0.631. The van der Waals surface area contributed by atoms with Crippen molar-refractivity contribution in [2.75, 3.05) is 4.90 Å². The maximum absolute atomic E-state index is 14.9. The van der Waals surface area contributed by atoms with Crippen molar-refractivity contribution in [3.05, 3.63) is 107 Å². The Morgan fingerprint density at radius 1 is 0.974 bits per heavy atom. The molecule has 2 aromatic carbocycles. The second-order valence-electron chi connectivity index (χ2n) is 10.1. The molecule has 1 aliphatic carbocycles. The second-order valence-corrected chi connectivity index (χ2v) is 10.5. The molecule has 1 saturated heterocycles. The van der Waals surface area contributed by atoms with Crippen LogP contribution in [0.25, 0.3) is 5.69 Å². The van der Waals surface area contributed by atoms with E-state index in [1.165, 1.54) is 18.9 Å². The monoisotopic (exact) mass is 526 g/mol. The van der Waals surface area contributed by atoms with Gasteiger partial charge < -0.3 is 19.5 Å². The van der Waals surface area contributed by atoms with Crippen LogP contribution in [0.1, 0.15) is 60.4 Å². The van der Waals surface area contributed by atoms with Gasteiger partial charge >= 0.3 is 0 Å². The van der Waals surface area contributed by atoms with E-state index in [4.69, 9.17) is 17.0 Å². The van der Waals surface area contributed by atoms with Crippen molar-refractivity contribution in [1.82, 2.24) is 14.9 Å². The number of rotatable bonds is 6. The molecular weight excluding hydrogens is 495 g/mol. The molecule has 1 N–H and O–H groups in total. The van der Waals surface area contributed by atoms with Crippen LogP contribution in [0.15, 0.2) is 79.0 Å². The molecule has 2 aromatic heterocycles. The van der Waals surface area contributed by atoms with E-state index in [1.54, 1.807) is 12.3 Å². The number of nitrogens with one attached hydrogen (secondary N) is 1. The van der Waals surface area contributed by atoms with Crippen LogP contribution in [0.4, 0.5) is 10.1 Å². The van der Waals surface area contributed by atoms with Crippen LogP contribution in [-0.4, -0.2) is 20.8 Å². The number of ether oxygens (including phenoxy) is 1. The van der Waals surface area contributed by atoms with Gasteiger partial charge in [0.1, 0.15) is 11.6 Å². The molecule has 2 aliphatic rings. The minimum atomic E-state index is -0.253. The van der Waals surface area contributed by atoms with Gasteiger partial charge in [-0.2, -0.15) is 0 Å². The van der Waals surface area contributed by atoms with E-state index in [1.807, 2.05) is 60.9 Å². The van der Waals surface area contributed by atoms with Crippen molar-refractivity contribution in [1.29, 1.82) is 0 Å². The molecule has 0 radical (unpaired) electrons. The molecule has 194 valence electrons. The van der Waals surface area contributed by atoms with Crippen LogP contribution in [-0.2, 0) is 0 Å². The predicted molar refractivity (Wildman–Crippen MR) is 152 cm³/mol. The molecule has 7 heteroatoms. The maximum atomic E-state index is 14.9. The number of thiocarbonyl (C=S) groups is 1. The predicted octanol–water partition coefficient (Wildman–Crippen LogP) is 7.13.